The maximum atomic E-state index is 12.4. The number of ketones is 1. The topological polar surface area (TPSA) is 52.3 Å². The van der Waals surface area contributed by atoms with Crippen LogP contribution in [0, 0.1) is 12.3 Å². The lowest BCUT2D eigenvalue weighted by atomic mass is 9.92. The first kappa shape index (κ1) is 15.8. The Bertz CT molecular complexity index is 641. The zero-order valence-corrected chi connectivity index (χ0v) is 12.4. The fourth-order valence-corrected chi connectivity index (χ4v) is 2.27. The van der Waals surface area contributed by atoms with E-state index >= 15 is 0 Å². The Morgan fingerprint density at radius 1 is 1.14 bits per heavy atom. The van der Waals surface area contributed by atoms with Gasteiger partial charge in [-0.3, -0.25) is 4.79 Å². The number of hydrogen-bond donors (Lipinski definition) is 1. The van der Waals surface area contributed by atoms with Gasteiger partial charge in [0.1, 0.15) is 12.4 Å². The average molecular weight is 293 g/mol. The summed E-state index contributed by atoms with van der Waals surface area (Å²) in [5, 5.41) is 0. The van der Waals surface area contributed by atoms with E-state index < -0.39 is 0 Å². The summed E-state index contributed by atoms with van der Waals surface area (Å²) >= 11 is 0. The standard InChI is InChI=1S/C19H19NO2/c1-2-12-22-18-10-8-16(9-11-18)19(21)13-17(14-20)15-6-4-3-5-7-15/h1,3-11,17H,12-14,20H2. The second-order valence-corrected chi connectivity index (χ2v) is 4.99. The Morgan fingerprint density at radius 3 is 2.41 bits per heavy atom. The highest BCUT2D eigenvalue weighted by Crippen LogP contribution is 2.21. The summed E-state index contributed by atoms with van der Waals surface area (Å²) in [6.45, 7) is 0.662. The Labute approximate surface area is 131 Å². The van der Waals surface area contributed by atoms with Crippen molar-refractivity contribution >= 4 is 5.78 Å². The van der Waals surface area contributed by atoms with E-state index in [1.807, 2.05) is 30.3 Å². The third-order valence-corrected chi connectivity index (χ3v) is 3.49. The molecule has 0 bridgehead atoms. The molecule has 3 nitrogen and oxygen atoms in total. The Kier molecular flexibility index (Phi) is 5.76. The third-order valence-electron chi connectivity index (χ3n) is 3.49. The van der Waals surface area contributed by atoms with Crippen molar-refractivity contribution < 1.29 is 9.53 Å². The molecule has 1 atom stereocenters. The number of nitrogens with two attached hydrogens (primary N) is 1. The molecule has 112 valence electrons. The van der Waals surface area contributed by atoms with Gasteiger partial charge in [-0.05, 0) is 36.4 Å². The number of carbonyl (C=O) groups is 1. The number of ether oxygens (including phenoxy) is 1. The Hall–Kier alpha value is -2.57. The molecule has 1 unspecified atom stereocenters. The summed E-state index contributed by atoms with van der Waals surface area (Å²) < 4.78 is 5.29. The van der Waals surface area contributed by atoms with Crippen LogP contribution in [0.4, 0.5) is 0 Å². The van der Waals surface area contributed by atoms with Crippen molar-refractivity contribution in [3.8, 4) is 18.1 Å². The van der Waals surface area contributed by atoms with Gasteiger partial charge in [-0.25, -0.2) is 0 Å². The lowest BCUT2D eigenvalue weighted by Crippen LogP contribution is -2.16. The first-order chi connectivity index (χ1) is 10.7. The lowest BCUT2D eigenvalue weighted by Gasteiger charge is -2.14. The fourth-order valence-electron chi connectivity index (χ4n) is 2.27. The summed E-state index contributed by atoms with van der Waals surface area (Å²) in [4.78, 5) is 12.4. The van der Waals surface area contributed by atoms with Gasteiger partial charge in [0.2, 0.25) is 0 Å². The number of rotatable bonds is 7. The predicted molar refractivity (Wildman–Crippen MR) is 88.0 cm³/mol. The molecule has 0 aromatic heterocycles. The van der Waals surface area contributed by atoms with E-state index in [1.54, 1.807) is 24.3 Å². The second kappa shape index (κ2) is 8.02. The van der Waals surface area contributed by atoms with Crippen LogP contribution in [-0.2, 0) is 0 Å². The molecule has 0 amide bonds. The Balaban J connectivity index is 2.03. The van der Waals surface area contributed by atoms with E-state index in [0.717, 1.165) is 5.56 Å². The highest BCUT2D eigenvalue weighted by atomic mass is 16.5. The molecule has 2 N–H and O–H groups in total. The highest BCUT2D eigenvalue weighted by Gasteiger charge is 2.15. The molecule has 22 heavy (non-hydrogen) atoms. The maximum absolute atomic E-state index is 12.4. The monoisotopic (exact) mass is 293 g/mol. The van der Waals surface area contributed by atoms with Gasteiger partial charge in [0, 0.05) is 17.9 Å². The van der Waals surface area contributed by atoms with Gasteiger partial charge in [-0.1, -0.05) is 36.3 Å². The number of benzene rings is 2. The first-order valence-corrected chi connectivity index (χ1v) is 7.19. The van der Waals surface area contributed by atoms with Gasteiger partial charge in [-0.2, -0.15) is 0 Å². The van der Waals surface area contributed by atoms with E-state index in [4.69, 9.17) is 16.9 Å². The van der Waals surface area contributed by atoms with Crippen molar-refractivity contribution in [3.63, 3.8) is 0 Å². The molecular formula is C19H19NO2. The summed E-state index contributed by atoms with van der Waals surface area (Å²) in [6.07, 6.45) is 5.53. The van der Waals surface area contributed by atoms with Gasteiger partial charge in [0.25, 0.3) is 0 Å². The van der Waals surface area contributed by atoms with Crippen LogP contribution < -0.4 is 10.5 Å². The van der Waals surface area contributed by atoms with Crippen LogP contribution in [0.25, 0.3) is 0 Å². The smallest absolute Gasteiger partial charge is 0.163 e. The summed E-state index contributed by atoms with van der Waals surface area (Å²) in [7, 11) is 0. The molecule has 0 aliphatic heterocycles. The molecular weight excluding hydrogens is 274 g/mol. The van der Waals surface area contributed by atoms with E-state index in [1.165, 1.54) is 0 Å². The van der Waals surface area contributed by atoms with Gasteiger partial charge in [-0.15, -0.1) is 6.42 Å². The average Bonchev–Trinajstić information content (AvgIpc) is 2.58. The molecule has 0 saturated carbocycles. The molecule has 0 aliphatic carbocycles. The normalized spacial score (nSPS) is 11.5. The molecule has 0 fully saturated rings. The van der Waals surface area contributed by atoms with E-state index in [0.29, 0.717) is 24.3 Å². The van der Waals surface area contributed by atoms with Crippen LogP contribution >= 0.6 is 0 Å². The second-order valence-electron chi connectivity index (χ2n) is 4.99. The van der Waals surface area contributed by atoms with Crippen molar-refractivity contribution in [2.24, 2.45) is 5.73 Å². The van der Waals surface area contributed by atoms with Gasteiger partial charge >= 0.3 is 0 Å². The zero-order chi connectivity index (χ0) is 15.8. The molecule has 0 heterocycles. The molecule has 2 aromatic rings. The van der Waals surface area contributed by atoms with Crippen molar-refractivity contribution in [2.45, 2.75) is 12.3 Å². The summed E-state index contributed by atoms with van der Waals surface area (Å²) in [5.41, 5.74) is 7.56. The molecule has 0 radical (unpaired) electrons. The number of carbonyl (C=O) groups excluding carboxylic acids is 1. The quantitative estimate of drug-likeness (QED) is 0.630. The molecule has 2 rings (SSSR count). The zero-order valence-electron chi connectivity index (χ0n) is 12.4. The third kappa shape index (κ3) is 4.21. The molecule has 3 heteroatoms. The van der Waals surface area contributed by atoms with Crippen molar-refractivity contribution in [1.82, 2.24) is 0 Å². The summed E-state index contributed by atoms with van der Waals surface area (Å²) in [6, 6.07) is 16.9. The largest absolute Gasteiger partial charge is 0.481 e. The number of hydrogen-bond acceptors (Lipinski definition) is 3. The highest BCUT2D eigenvalue weighted by molar-refractivity contribution is 5.96. The van der Waals surface area contributed by atoms with Crippen LogP contribution in [0.3, 0.4) is 0 Å². The van der Waals surface area contributed by atoms with E-state index in [9.17, 15) is 4.79 Å². The predicted octanol–water partition coefficient (Wildman–Crippen LogP) is 3.01. The molecule has 0 saturated heterocycles. The SMILES string of the molecule is C#CCOc1ccc(C(=O)CC(CN)c2ccccc2)cc1. The minimum absolute atomic E-state index is 0.0334. The maximum Gasteiger partial charge on any atom is 0.163 e. The van der Waals surface area contributed by atoms with Crippen LogP contribution in [-0.4, -0.2) is 18.9 Å². The van der Waals surface area contributed by atoms with Crippen LogP contribution in [0.5, 0.6) is 5.75 Å². The first-order valence-electron chi connectivity index (χ1n) is 7.19. The van der Waals surface area contributed by atoms with Crippen molar-refractivity contribution in [1.29, 1.82) is 0 Å². The van der Waals surface area contributed by atoms with Gasteiger partial charge in [0.15, 0.2) is 5.78 Å². The molecule has 0 spiro atoms. The fraction of sp³-hybridized carbons (Fsp3) is 0.211. The minimum atomic E-state index is 0.0334. The minimum Gasteiger partial charge on any atom is -0.481 e. The summed E-state index contributed by atoms with van der Waals surface area (Å²) in [5.74, 6) is 3.17. The van der Waals surface area contributed by atoms with Gasteiger partial charge < -0.3 is 10.5 Å². The van der Waals surface area contributed by atoms with Crippen molar-refractivity contribution in [2.75, 3.05) is 13.2 Å². The molecule has 0 aliphatic rings. The van der Waals surface area contributed by atoms with Crippen molar-refractivity contribution in [3.05, 3.63) is 65.7 Å². The lowest BCUT2D eigenvalue weighted by molar-refractivity contribution is 0.0974. The number of Topliss-reactive ketones (excluding diaryl/α,β-unsaturated/α-hetero) is 1. The van der Waals surface area contributed by atoms with Crippen LogP contribution in [0.2, 0.25) is 0 Å². The Morgan fingerprint density at radius 2 is 1.82 bits per heavy atom. The molecule has 2 aromatic carbocycles. The van der Waals surface area contributed by atoms with Crippen LogP contribution in [0.15, 0.2) is 54.6 Å². The van der Waals surface area contributed by atoms with Gasteiger partial charge in [0.05, 0.1) is 0 Å². The van der Waals surface area contributed by atoms with E-state index in [-0.39, 0.29) is 18.3 Å². The van der Waals surface area contributed by atoms with Crippen LogP contribution in [0.1, 0.15) is 28.3 Å². The number of terminal acetylenes is 1. The van der Waals surface area contributed by atoms with E-state index in [2.05, 4.69) is 5.92 Å².